The highest BCUT2D eigenvalue weighted by molar-refractivity contribution is 5.31. The molecule has 1 aromatic rings. The molecule has 3 atom stereocenters. The van der Waals surface area contributed by atoms with E-state index in [1.165, 1.54) is 0 Å². The van der Waals surface area contributed by atoms with E-state index in [0.717, 1.165) is 31.0 Å². The highest BCUT2D eigenvalue weighted by atomic mass is 16.5. The van der Waals surface area contributed by atoms with E-state index in [4.69, 9.17) is 10.5 Å². The first-order chi connectivity index (χ1) is 8.54. The van der Waals surface area contributed by atoms with Gasteiger partial charge in [0.05, 0.1) is 12.2 Å². The number of hydrogen-bond acceptors (Lipinski definition) is 5. The first-order valence-electron chi connectivity index (χ1n) is 6.51. The molecule has 100 valence electrons. The Morgan fingerprint density at radius 2 is 1.89 bits per heavy atom. The van der Waals surface area contributed by atoms with Crippen LogP contribution in [0.4, 0.5) is 5.95 Å². The van der Waals surface area contributed by atoms with Crippen LogP contribution in [-0.4, -0.2) is 41.3 Å². The van der Waals surface area contributed by atoms with Crippen LogP contribution >= 0.6 is 0 Å². The van der Waals surface area contributed by atoms with Gasteiger partial charge in [-0.05, 0) is 32.8 Å². The standard InChI is InChI=1S/C13H22N4O/c1-9(14)4-12-5-15-13(16-6-12)17-7-10(2)18-11(3)8-17/h5-6,9-11H,4,7-8,14H2,1-3H3/t9?,10-,11+. The second-order valence-electron chi connectivity index (χ2n) is 5.24. The molecule has 0 bridgehead atoms. The lowest BCUT2D eigenvalue weighted by Gasteiger charge is -2.35. The second kappa shape index (κ2) is 5.63. The van der Waals surface area contributed by atoms with Crippen molar-refractivity contribution in [1.29, 1.82) is 0 Å². The van der Waals surface area contributed by atoms with Crippen LogP contribution in [0.3, 0.4) is 0 Å². The molecule has 1 aliphatic rings. The van der Waals surface area contributed by atoms with Gasteiger partial charge >= 0.3 is 0 Å². The zero-order chi connectivity index (χ0) is 13.1. The van der Waals surface area contributed by atoms with Crippen molar-refractivity contribution >= 4 is 5.95 Å². The van der Waals surface area contributed by atoms with Gasteiger partial charge in [-0.3, -0.25) is 0 Å². The fourth-order valence-electron chi connectivity index (χ4n) is 2.33. The number of ether oxygens (including phenoxy) is 1. The van der Waals surface area contributed by atoms with Crippen molar-refractivity contribution in [3.05, 3.63) is 18.0 Å². The summed E-state index contributed by atoms with van der Waals surface area (Å²) in [4.78, 5) is 11.0. The van der Waals surface area contributed by atoms with Gasteiger partial charge in [0.1, 0.15) is 0 Å². The van der Waals surface area contributed by atoms with E-state index >= 15 is 0 Å². The highest BCUT2D eigenvalue weighted by Crippen LogP contribution is 2.16. The fourth-order valence-corrected chi connectivity index (χ4v) is 2.33. The molecule has 2 heterocycles. The maximum atomic E-state index is 5.76. The summed E-state index contributed by atoms with van der Waals surface area (Å²) in [6.45, 7) is 7.83. The molecule has 0 aliphatic carbocycles. The summed E-state index contributed by atoms with van der Waals surface area (Å²) in [5.41, 5.74) is 6.85. The van der Waals surface area contributed by atoms with Gasteiger partial charge in [-0.1, -0.05) is 0 Å². The van der Waals surface area contributed by atoms with Gasteiger partial charge in [0.2, 0.25) is 5.95 Å². The Labute approximate surface area is 108 Å². The summed E-state index contributed by atoms with van der Waals surface area (Å²) in [5, 5.41) is 0. The molecule has 1 unspecified atom stereocenters. The van der Waals surface area contributed by atoms with Gasteiger partial charge in [-0.2, -0.15) is 0 Å². The van der Waals surface area contributed by atoms with E-state index in [9.17, 15) is 0 Å². The third-order valence-corrected chi connectivity index (χ3v) is 2.95. The lowest BCUT2D eigenvalue weighted by Crippen LogP contribution is -2.46. The van der Waals surface area contributed by atoms with E-state index in [1.54, 1.807) is 0 Å². The van der Waals surface area contributed by atoms with Crippen LogP contribution in [0.1, 0.15) is 26.3 Å². The van der Waals surface area contributed by atoms with Gasteiger partial charge in [0.25, 0.3) is 0 Å². The third kappa shape index (κ3) is 3.40. The average Bonchev–Trinajstić information content (AvgIpc) is 2.27. The predicted molar refractivity (Wildman–Crippen MR) is 71.6 cm³/mol. The molecule has 1 aromatic heterocycles. The molecule has 0 radical (unpaired) electrons. The van der Waals surface area contributed by atoms with Crippen molar-refractivity contribution in [3.8, 4) is 0 Å². The number of rotatable bonds is 3. The SMILES string of the molecule is CC(N)Cc1cnc(N2C[C@@H](C)O[C@@H](C)C2)nc1. The Kier molecular flexibility index (Phi) is 4.14. The van der Waals surface area contributed by atoms with Crippen LogP contribution in [-0.2, 0) is 11.2 Å². The number of nitrogens with zero attached hydrogens (tertiary/aromatic N) is 3. The molecule has 1 aliphatic heterocycles. The minimum absolute atomic E-state index is 0.142. The number of anilines is 1. The number of morpholine rings is 1. The first kappa shape index (κ1) is 13.2. The molecule has 2 rings (SSSR count). The van der Waals surface area contributed by atoms with Crippen molar-refractivity contribution in [2.45, 2.75) is 45.4 Å². The average molecular weight is 250 g/mol. The predicted octanol–water partition coefficient (Wildman–Crippen LogP) is 0.980. The number of aromatic nitrogens is 2. The maximum Gasteiger partial charge on any atom is 0.225 e. The Bertz CT molecular complexity index is 369. The summed E-state index contributed by atoms with van der Waals surface area (Å²) in [7, 11) is 0. The zero-order valence-corrected chi connectivity index (χ0v) is 11.3. The molecule has 2 N–H and O–H groups in total. The van der Waals surface area contributed by atoms with E-state index in [-0.39, 0.29) is 18.2 Å². The summed E-state index contributed by atoms with van der Waals surface area (Å²) in [6, 6.07) is 0.142. The van der Waals surface area contributed by atoms with Crippen LogP contribution in [0.15, 0.2) is 12.4 Å². The molecule has 5 heteroatoms. The second-order valence-corrected chi connectivity index (χ2v) is 5.24. The minimum atomic E-state index is 0.142. The molecule has 0 amide bonds. The summed E-state index contributed by atoms with van der Waals surface area (Å²) in [5.74, 6) is 0.783. The Morgan fingerprint density at radius 1 is 1.33 bits per heavy atom. The van der Waals surface area contributed by atoms with Gasteiger partial charge in [-0.15, -0.1) is 0 Å². The lowest BCUT2D eigenvalue weighted by molar-refractivity contribution is -0.00572. The van der Waals surface area contributed by atoms with Crippen molar-refractivity contribution in [2.75, 3.05) is 18.0 Å². The van der Waals surface area contributed by atoms with E-state index in [0.29, 0.717) is 0 Å². The normalized spacial score (nSPS) is 26.1. The van der Waals surface area contributed by atoms with Crippen molar-refractivity contribution in [3.63, 3.8) is 0 Å². The monoisotopic (exact) mass is 250 g/mol. The molecule has 0 aromatic carbocycles. The Hall–Kier alpha value is -1.20. The van der Waals surface area contributed by atoms with Crippen molar-refractivity contribution < 1.29 is 4.74 Å². The van der Waals surface area contributed by atoms with Crippen molar-refractivity contribution in [1.82, 2.24) is 9.97 Å². The lowest BCUT2D eigenvalue weighted by atomic mass is 10.1. The van der Waals surface area contributed by atoms with E-state index < -0.39 is 0 Å². The number of hydrogen-bond donors (Lipinski definition) is 1. The van der Waals surface area contributed by atoms with Crippen LogP contribution in [0, 0.1) is 0 Å². The van der Waals surface area contributed by atoms with Crippen LogP contribution in [0.2, 0.25) is 0 Å². The summed E-state index contributed by atoms with van der Waals surface area (Å²) >= 11 is 0. The van der Waals surface area contributed by atoms with Gasteiger partial charge < -0.3 is 15.4 Å². The third-order valence-electron chi connectivity index (χ3n) is 2.95. The highest BCUT2D eigenvalue weighted by Gasteiger charge is 2.23. The molecule has 0 spiro atoms. The molecule has 5 nitrogen and oxygen atoms in total. The Balaban J connectivity index is 2.04. The van der Waals surface area contributed by atoms with E-state index in [1.807, 2.05) is 19.3 Å². The van der Waals surface area contributed by atoms with Gasteiger partial charge in [0.15, 0.2) is 0 Å². The smallest absolute Gasteiger partial charge is 0.225 e. The van der Waals surface area contributed by atoms with Gasteiger partial charge in [0, 0.05) is 31.5 Å². The molecule has 0 saturated carbocycles. The van der Waals surface area contributed by atoms with Crippen LogP contribution < -0.4 is 10.6 Å². The van der Waals surface area contributed by atoms with Gasteiger partial charge in [-0.25, -0.2) is 9.97 Å². The molecule has 1 fully saturated rings. The summed E-state index contributed by atoms with van der Waals surface area (Å²) < 4.78 is 5.70. The van der Waals surface area contributed by atoms with Crippen LogP contribution in [0.25, 0.3) is 0 Å². The van der Waals surface area contributed by atoms with E-state index in [2.05, 4.69) is 28.7 Å². The number of nitrogens with two attached hydrogens (primary N) is 1. The fraction of sp³-hybridized carbons (Fsp3) is 0.692. The zero-order valence-electron chi connectivity index (χ0n) is 11.3. The first-order valence-corrected chi connectivity index (χ1v) is 6.51. The molecule has 1 saturated heterocycles. The van der Waals surface area contributed by atoms with Crippen molar-refractivity contribution in [2.24, 2.45) is 5.73 Å². The maximum absolute atomic E-state index is 5.76. The molecular weight excluding hydrogens is 228 g/mol. The quantitative estimate of drug-likeness (QED) is 0.866. The molecular formula is C13H22N4O. The summed E-state index contributed by atoms with van der Waals surface area (Å²) in [6.07, 6.45) is 5.01. The topological polar surface area (TPSA) is 64.3 Å². The Morgan fingerprint density at radius 3 is 2.39 bits per heavy atom. The van der Waals surface area contributed by atoms with Crippen LogP contribution in [0.5, 0.6) is 0 Å². The molecule has 18 heavy (non-hydrogen) atoms. The largest absolute Gasteiger partial charge is 0.372 e. The minimum Gasteiger partial charge on any atom is -0.372 e.